The molecule has 0 radical (unpaired) electrons. The van der Waals surface area contributed by atoms with Crippen molar-refractivity contribution in [3.8, 4) is 5.75 Å². The van der Waals surface area contributed by atoms with Crippen molar-refractivity contribution in [1.29, 1.82) is 0 Å². The summed E-state index contributed by atoms with van der Waals surface area (Å²) in [6, 6.07) is 6.54. The lowest BCUT2D eigenvalue weighted by Crippen LogP contribution is -2.51. The lowest BCUT2D eigenvalue weighted by atomic mass is 9.93. The van der Waals surface area contributed by atoms with Gasteiger partial charge in [0, 0.05) is 25.2 Å². The Labute approximate surface area is 137 Å². The van der Waals surface area contributed by atoms with Crippen molar-refractivity contribution in [3.05, 3.63) is 30.1 Å². The highest BCUT2D eigenvalue weighted by Gasteiger charge is 2.36. The average molecular weight is 323 g/mol. The topological polar surface area (TPSA) is 41.9 Å². The van der Waals surface area contributed by atoms with Gasteiger partial charge in [0.2, 0.25) is 0 Å². The van der Waals surface area contributed by atoms with Gasteiger partial charge in [-0.3, -0.25) is 4.90 Å². The van der Waals surface area contributed by atoms with Crippen LogP contribution >= 0.6 is 0 Å². The van der Waals surface area contributed by atoms with Crippen molar-refractivity contribution in [3.63, 3.8) is 0 Å². The number of β-amino-alcohol motifs (C(OH)–C–C–N with tert-alkyl or cyclic N) is 1. The number of aliphatic hydroxyl groups is 1. The molecule has 1 aliphatic carbocycles. The Kier molecular flexibility index (Phi) is 5.51. The molecule has 0 spiro atoms. The minimum absolute atomic E-state index is 0.111. The van der Waals surface area contributed by atoms with Gasteiger partial charge >= 0.3 is 0 Å². The third kappa shape index (κ3) is 4.66. The van der Waals surface area contributed by atoms with Crippen molar-refractivity contribution in [1.82, 2.24) is 4.90 Å². The fourth-order valence-corrected chi connectivity index (χ4v) is 3.57. The first kappa shape index (κ1) is 16.7. The van der Waals surface area contributed by atoms with E-state index in [0.29, 0.717) is 24.9 Å². The normalized spacial score (nSPS) is 27.6. The lowest BCUT2D eigenvalue weighted by Gasteiger charge is -2.37. The molecule has 128 valence electrons. The number of nitrogens with zero attached hydrogens (tertiary/aromatic N) is 1. The van der Waals surface area contributed by atoms with Crippen LogP contribution < -0.4 is 4.74 Å². The van der Waals surface area contributed by atoms with Crippen LogP contribution in [0, 0.1) is 5.82 Å². The van der Waals surface area contributed by atoms with Gasteiger partial charge < -0.3 is 14.6 Å². The van der Waals surface area contributed by atoms with Crippen LogP contribution in [0.2, 0.25) is 0 Å². The Morgan fingerprint density at radius 1 is 1.30 bits per heavy atom. The number of benzene rings is 1. The molecule has 1 atom stereocenters. The molecule has 1 aliphatic heterocycles. The Morgan fingerprint density at radius 2 is 2.13 bits per heavy atom. The molecule has 1 unspecified atom stereocenters. The largest absolute Gasteiger partial charge is 0.490 e. The minimum atomic E-state index is -1.06. The van der Waals surface area contributed by atoms with E-state index in [9.17, 15) is 9.50 Å². The summed E-state index contributed by atoms with van der Waals surface area (Å²) in [5.74, 6) is 0.0994. The second-order valence-corrected chi connectivity index (χ2v) is 6.79. The third-order valence-corrected chi connectivity index (χ3v) is 4.79. The first-order valence-corrected chi connectivity index (χ1v) is 8.57. The van der Waals surface area contributed by atoms with Gasteiger partial charge in [-0.1, -0.05) is 25.3 Å². The van der Waals surface area contributed by atoms with Gasteiger partial charge in [0.05, 0.1) is 13.2 Å². The maximum Gasteiger partial charge on any atom is 0.134 e. The van der Waals surface area contributed by atoms with Crippen molar-refractivity contribution in [2.24, 2.45) is 0 Å². The van der Waals surface area contributed by atoms with E-state index in [0.717, 1.165) is 6.54 Å². The van der Waals surface area contributed by atoms with Crippen LogP contribution in [0.3, 0.4) is 0 Å². The number of hydrogen-bond acceptors (Lipinski definition) is 4. The molecule has 2 aliphatic rings. The fraction of sp³-hybridized carbons (Fsp3) is 0.667. The molecule has 0 bridgehead atoms. The highest BCUT2D eigenvalue weighted by atomic mass is 19.1. The molecule has 5 heteroatoms. The van der Waals surface area contributed by atoms with E-state index in [4.69, 9.17) is 9.47 Å². The molecule has 1 aromatic carbocycles. The summed E-state index contributed by atoms with van der Waals surface area (Å²) in [6.07, 6.45) is 6.23. The molecule has 0 aromatic heterocycles. The van der Waals surface area contributed by atoms with Gasteiger partial charge in [0.1, 0.15) is 23.8 Å². The van der Waals surface area contributed by atoms with E-state index in [2.05, 4.69) is 4.90 Å². The monoisotopic (exact) mass is 323 g/mol. The number of halogens is 1. The second kappa shape index (κ2) is 7.60. The summed E-state index contributed by atoms with van der Waals surface area (Å²) in [4.78, 5) is 2.35. The quantitative estimate of drug-likeness (QED) is 0.925. The smallest absolute Gasteiger partial charge is 0.134 e. The van der Waals surface area contributed by atoms with Crippen LogP contribution in [0.15, 0.2) is 24.3 Å². The molecule has 1 aromatic rings. The fourth-order valence-electron chi connectivity index (χ4n) is 3.57. The molecule has 1 saturated heterocycles. The van der Waals surface area contributed by atoms with Gasteiger partial charge in [0.15, 0.2) is 0 Å². The summed E-state index contributed by atoms with van der Waals surface area (Å²) in [5, 5.41) is 10.9. The van der Waals surface area contributed by atoms with E-state index in [-0.39, 0.29) is 19.0 Å². The summed E-state index contributed by atoms with van der Waals surface area (Å²) >= 11 is 0. The maximum atomic E-state index is 13.2. The van der Waals surface area contributed by atoms with Crippen LogP contribution in [0.4, 0.5) is 4.39 Å². The van der Waals surface area contributed by atoms with Crippen LogP contribution in [0.1, 0.15) is 32.1 Å². The summed E-state index contributed by atoms with van der Waals surface area (Å²) in [6.45, 7) is 2.41. The molecule has 0 amide bonds. The molecule has 23 heavy (non-hydrogen) atoms. The van der Waals surface area contributed by atoms with E-state index >= 15 is 0 Å². The van der Waals surface area contributed by atoms with Gasteiger partial charge in [-0.2, -0.15) is 0 Å². The van der Waals surface area contributed by atoms with Crippen LogP contribution in [-0.4, -0.2) is 54.6 Å². The summed E-state index contributed by atoms with van der Waals surface area (Å²) in [7, 11) is 0. The van der Waals surface area contributed by atoms with E-state index in [1.807, 2.05) is 0 Å². The van der Waals surface area contributed by atoms with Crippen LogP contribution in [0.5, 0.6) is 5.75 Å². The molecule has 4 nitrogen and oxygen atoms in total. The zero-order chi connectivity index (χ0) is 16.1. The van der Waals surface area contributed by atoms with E-state index in [1.54, 1.807) is 12.1 Å². The average Bonchev–Trinajstić information content (AvgIpc) is 2.76. The van der Waals surface area contributed by atoms with E-state index in [1.165, 1.54) is 44.2 Å². The third-order valence-electron chi connectivity index (χ3n) is 4.79. The number of rotatable bonds is 4. The van der Waals surface area contributed by atoms with Crippen LogP contribution in [0.25, 0.3) is 0 Å². The summed E-state index contributed by atoms with van der Waals surface area (Å²) < 4.78 is 24.4. The zero-order valence-electron chi connectivity index (χ0n) is 13.5. The Balaban J connectivity index is 1.61. The Hall–Kier alpha value is -1.17. The number of ether oxygens (including phenoxy) is 2. The lowest BCUT2D eigenvalue weighted by molar-refractivity contribution is -0.0682. The molecule has 2 fully saturated rings. The Bertz CT molecular complexity index is 507. The van der Waals surface area contributed by atoms with Crippen molar-refractivity contribution in [2.45, 2.75) is 43.7 Å². The van der Waals surface area contributed by atoms with Gasteiger partial charge in [0.25, 0.3) is 0 Å². The van der Waals surface area contributed by atoms with Crippen molar-refractivity contribution < 1.29 is 19.0 Å². The van der Waals surface area contributed by atoms with Gasteiger partial charge in [-0.25, -0.2) is 4.39 Å². The first-order chi connectivity index (χ1) is 11.1. The standard InChI is InChI=1S/C18H26FNO3/c19-15-5-4-8-17(11-15)23-14-18(21)12-20(9-10-22-13-18)16-6-2-1-3-7-16/h4-5,8,11,16,21H,1-3,6-7,9-10,12-14H2. The molecular weight excluding hydrogens is 297 g/mol. The molecular formula is C18H26FNO3. The predicted molar refractivity (Wildman–Crippen MR) is 86.1 cm³/mol. The molecule has 1 heterocycles. The molecule has 1 saturated carbocycles. The van der Waals surface area contributed by atoms with Crippen LogP contribution in [-0.2, 0) is 4.74 Å². The van der Waals surface area contributed by atoms with Crippen molar-refractivity contribution in [2.75, 3.05) is 32.9 Å². The summed E-state index contributed by atoms with van der Waals surface area (Å²) in [5.41, 5.74) is -1.06. The maximum absolute atomic E-state index is 13.2. The number of hydrogen-bond donors (Lipinski definition) is 1. The van der Waals surface area contributed by atoms with Crippen molar-refractivity contribution >= 4 is 0 Å². The minimum Gasteiger partial charge on any atom is -0.490 e. The van der Waals surface area contributed by atoms with Gasteiger partial charge in [-0.05, 0) is 25.0 Å². The molecule has 3 rings (SSSR count). The second-order valence-electron chi connectivity index (χ2n) is 6.79. The first-order valence-electron chi connectivity index (χ1n) is 8.57. The SMILES string of the molecule is OC1(COc2cccc(F)c2)COCCN(C2CCCCC2)C1. The predicted octanol–water partition coefficient (Wildman–Crippen LogP) is 2.60. The Morgan fingerprint density at radius 3 is 2.91 bits per heavy atom. The van der Waals surface area contributed by atoms with E-state index < -0.39 is 5.60 Å². The van der Waals surface area contributed by atoms with Gasteiger partial charge in [-0.15, -0.1) is 0 Å². The highest BCUT2D eigenvalue weighted by Crippen LogP contribution is 2.26. The zero-order valence-corrected chi connectivity index (χ0v) is 13.5. The molecule has 1 N–H and O–H groups in total. The highest BCUT2D eigenvalue weighted by molar-refractivity contribution is 5.22.